The van der Waals surface area contributed by atoms with E-state index < -0.39 is 0 Å². The standard InChI is InChI=1S/C70H55N/c1-40-18-30-47(31-19-40)71(48-32-20-41(2)21-33-48)58-39-38-55-62-53(58)16-11-17-54(62)65-60(43-22-26-45(27-23-43)69(3,4)5)67-56-36-34-51-49-14-9-12-42-13-10-15-50(59(42)49)52-35-37-57(64(56)63(51)52)68(67)61(66(55)65)44-24-28-46(29-25-44)70(6,7)8/h9-39H,1-8H3. The molecule has 14 aromatic rings. The quantitative estimate of drug-likeness (QED) is 0.123. The highest BCUT2D eigenvalue weighted by atomic mass is 15.1. The molecule has 0 saturated heterocycles. The van der Waals surface area contributed by atoms with Crippen LogP contribution in [0.25, 0.3) is 119 Å². The Bertz CT molecular complexity index is 4190. The fourth-order valence-electron chi connectivity index (χ4n) is 12.6. The lowest BCUT2D eigenvalue weighted by atomic mass is 9.83. The van der Waals surface area contributed by atoms with Crippen LogP contribution < -0.4 is 4.90 Å². The predicted octanol–water partition coefficient (Wildman–Crippen LogP) is 20.4. The van der Waals surface area contributed by atoms with E-state index in [4.69, 9.17) is 0 Å². The molecular formula is C70H55N. The van der Waals surface area contributed by atoms with E-state index in [1.807, 2.05) is 0 Å². The summed E-state index contributed by atoms with van der Waals surface area (Å²) in [4.78, 5) is 2.46. The summed E-state index contributed by atoms with van der Waals surface area (Å²) in [6.07, 6.45) is 0. The van der Waals surface area contributed by atoms with Gasteiger partial charge in [0.25, 0.3) is 0 Å². The Balaban J connectivity index is 1.20. The van der Waals surface area contributed by atoms with Gasteiger partial charge in [-0.2, -0.15) is 0 Å². The van der Waals surface area contributed by atoms with Gasteiger partial charge in [-0.25, -0.2) is 0 Å². The van der Waals surface area contributed by atoms with Crippen LogP contribution in [0, 0.1) is 13.8 Å². The summed E-state index contributed by atoms with van der Waals surface area (Å²) >= 11 is 0. The molecule has 14 rings (SSSR count). The van der Waals surface area contributed by atoms with E-state index in [1.54, 1.807) is 0 Å². The van der Waals surface area contributed by atoms with Crippen molar-refractivity contribution in [1.29, 1.82) is 0 Å². The summed E-state index contributed by atoms with van der Waals surface area (Å²) in [5.74, 6) is 0. The Morgan fingerprint density at radius 2 is 0.634 bits per heavy atom. The van der Waals surface area contributed by atoms with Crippen molar-refractivity contribution in [2.24, 2.45) is 0 Å². The average Bonchev–Trinajstić information content (AvgIpc) is 3.89. The molecule has 0 unspecified atom stereocenters. The Hall–Kier alpha value is -8.00. The van der Waals surface area contributed by atoms with Crippen molar-refractivity contribution in [2.75, 3.05) is 4.90 Å². The van der Waals surface area contributed by atoms with Crippen LogP contribution in [0.15, 0.2) is 188 Å². The fourth-order valence-corrected chi connectivity index (χ4v) is 12.6. The van der Waals surface area contributed by atoms with Gasteiger partial charge in [0.1, 0.15) is 0 Å². The SMILES string of the molecule is Cc1ccc(N(c2ccc(C)cc2)c2ccc3c4c(-c5ccc(C(C)(C)C)cc5)c5c6ccc7c8cccc9cccc(c%10ccc(c5c(-c5ccc(C(C)(C)C)cc5)c4c4cccc2c43)c6c%107)c98)cc1. The Labute approximate surface area is 415 Å². The molecule has 0 aliphatic carbocycles. The third-order valence-electron chi connectivity index (χ3n) is 16.1. The Kier molecular flexibility index (Phi) is 8.72. The van der Waals surface area contributed by atoms with E-state index in [0.717, 1.165) is 11.4 Å². The van der Waals surface area contributed by atoms with E-state index >= 15 is 0 Å². The molecule has 0 aromatic heterocycles. The Morgan fingerprint density at radius 3 is 1.10 bits per heavy atom. The van der Waals surface area contributed by atoms with Crippen LogP contribution >= 0.6 is 0 Å². The molecule has 0 radical (unpaired) electrons. The molecule has 14 aromatic carbocycles. The van der Waals surface area contributed by atoms with Crippen LogP contribution in [0.3, 0.4) is 0 Å². The first-order chi connectivity index (χ1) is 34.3. The van der Waals surface area contributed by atoms with Crippen LogP contribution in [0.4, 0.5) is 17.1 Å². The summed E-state index contributed by atoms with van der Waals surface area (Å²) in [7, 11) is 0. The van der Waals surface area contributed by atoms with Crippen molar-refractivity contribution >= 4 is 114 Å². The molecule has 0 atom stereocenters. The number of anilines is 3. The molecule has 0 saturated carbocycles. The van der Waals surface area contributed by atoms with Crippen molar-refractivity contribution in [3.63, 3.8) is 0 Å². The van der Waals surface area contributed by atoms with Crippen molar-refractivity contribution < 1.29 is 0 Å². The highest BCUT2D eigenvalue weighted by molar-refractivity contribution is 6.49. The van der Waals surface area contributed by atoms with Gasteiger partial charge in [-0.05, 0) is 180 Å². The topological polar surface area (TPSA) is 3.24 Å². The van der Waals surface area contributed by atoms with Gasteiger partial charge in [-0.15, -0.1) is 0 Å². The summed E-state index contributed by atoms with van der Waals surface area (Å²) in [5.41, 5.74) is 13.8. The number of hydrogen-bond acceptors (Lipinski definition) is 1. The van der Waals surface area contributed by atoms with Gasteiger partial charge in [0.2, 0.25) is 0 Å². The second kappa shape index (κ2) is 14.8. The largest absolute Gasteiger partial charge is 0.310 e. The normalized spacial score (nSPS) is 12.8. The number of benzene rings is 12. The first kappa shape index (κ1) is 41.9. The summed E-state index contributed by atoms with van der Waals surface area (Å²) in [6.45, 7) is 18.2. The zero-order valence-corrected chi connectivity index (χ0v) is 41.8. The van der Waals surface area contributed by atoms with Gasteiger partial charge < -0.3 is 4.90 Å². The molecular weight excluding hydrogens is 855 g/mol. The number of aryl methyl sites for hydroxylation is 2. The van der Waals surface area contributed by atoms with Crippen LogP contribution in [0.2, 0.25) is 0 Å². The molecule has 340 valence electrons. The molecule has 0 N–H and O–H groups in total. The minimum Gasteiger partial charge on any atom is -0.310 e. The maximum Gasteiger partial charge on any atom is 0.0540 e. The monoisotopic (exact) mass is 909 g/mol. The molecule has 71 heavy (non-hydrogen) atoms. The maximum absolute atomic E-state index is 2.47. The predicted molar refractivity (Wildman–Crippen MR) is 310 cm³/mol. The maximum atomic E-state index is 2.47. The summed E-state index contributed by atoms with van der Waals surface area (Å²) in [5, 5.41) is 23.8. The van der Waals surface area contributed by atoms with Crippen molar-refractivity contribution in [1.82, 2.24) is 0 Å². The van der Waals surface area contributed by atoms with Crippen LogP contribution in [-0.2, 0) is 10.8 Å². The first-order valence-corrected chi connectivity index (χ1v) is 25.4. The minimum atomic E-state index is 0.0199. The molecule has 0 fully saturated rings. The molecule has 0 aliphatic heterocycles. The highest BCUT2D eigenvalue weighted by Crippen LogP contribution is 2.58. The van der Waals surface area contributed by atoms with E-state index in [9.17, 15) is 0 Å². The lowest BCUT2D eigenvalue weighted by Crippen LogP contribution is -2.10. The smallest absolute Gasteiger partial charge is 0.0540 e. The second-order valence-corrected chi connectivity index (χ2v) is 22.6. The van der Waals surface area contributed by atoms with Crippen molar-refractivity contribution in [3.8, 4) is 22.3 Å². The minimum absolute atomic E-state index is 0.0199. The third kappa shape index (κ3) is 5.99. The number of rotatable bonds is 5. The van der Waals surface area contributed by atoms with Gasteiger partial charge in [0.15, 0.2) is 0 Å². The number of hydrogen-bond donors (Lipinski definition) is 0. The van der Waals surface area contributed by atoms with Crippen LogP contribution in [0.1, 0.15) is 63.8 Å². The zero-order chi connectivity index (χ0) is 48.2. The van der Waals surface area contributed by atoms with Crippen LogP contribution in [-0.4, -0.2) is 0 Å². The average molecular weight is 910 g/mol. The molecule has 1 nitrogen and oxygen atoms in total. The van der Waals surface area contributed by atoms with Gasteiger partial charge in [-0.3, -0.25) is 0 Å². The molecule has 0 aliphatic rings. The molecule has 0 spiro atoms. The van der Waals surface area contributed by atoms with Crippen molar-refractivity contribution in [2.45, 2.75) is 66.2 Å². The van der Waals surface area contributed by atoms with E-state index in [1.165, 1.54) is 147 Å². The van der Waals surface area contributed by atoms with Crippen LogP contribution in [0.5, 0.6) is 0 Å². The number of nitrogens with zero attached hydrogens (tertiary/aromatic N) is 1. The van der Waals surface area contributed by atoms with Gasteiger partial charge in [0.05, 0.1) is 5.69 Å². The molecule has 1 heteroatoms. The molecule has 0 amide bonds. The lowest BCUT2D eigenvalue weighted by molar-refractivity contribution is 0.590. The van der Waals surface area contributed by atoms with Gasteiger partial charge in [-0.1, -0.05) is 210 Å². The third-order valence-corrected chi connectivity index (χ3v) is 16.1. The van der Waals surface area contributed by atoms with E-state index in [2.05, 4.69) is 248 Å². The van der Waals surface area contributed by atoms with Gasteiger partial charge in [0, 0.05) is 16.8 Å². The second-order valence-electron chi connectivity index (χ2n) is 22.6. The van der Waals surface area contributed by atoms with Crippen molar-refractivity contribution in [3.05, 3.63) is 210 Å². The first-order valence-electron chi connectivity index (χ1n) is 25.4. The number of fused-ring (bicyclic) bond motifs is 8. The van der Waals surface area contributed by atoms with E-state index in [0.29, 0.717) is 0 Å². The zero-order valence-electron chi connectivity index (χ0n) is 41.8. The van der Waals surface area contributed by atoms with E-state index in [-0.39, 0.29) is 10.8 Å². The highest BCUT2D eigenvalue weighted by Gasteiger charge is 2.30. The molecule has 0 bridgehead atoms. The fraction of sp³-hybridized carbons (Fsp3) is 0.143. The Morgan fingerprint density at radius 1 is 0.282 bits per heavy atom. The summed E-state index contributed by atoms with van der Waals surface area (Å²) < 4.78 is 0. The lowest BCUT2D eigenvalue weighted by Gasteiger charge is -2.27. The van der Waals surface area contributed by atoms with Gasteiger partial charge >= 0.3 is 0 Å². The molecule has 0 heterocycles. The summed E-state index contributed by atoms with van der Waals surface area (Å²) in [6, 6.07) is 72.6.